The van der Waals surface area contributed by atoms with Gasteiger partial charge in [-0.25, -0.2) is 0 Å². The fourth-order valence-electron chi connectivity index (χ4n) is 2.45. The minimum absolute atomic E-state index is 0.0258. The molecule has 1 atom stereocenters. The van der Waals surface area contributed by atoms with Gasteiger partial charge < -0.3 is 10.2 Å². The van der Waals surface area contributed by atoms with Crippen molar-refractivity contribution in [2.45, 2.75) is 0 Å². The van der Waals surface area contributed by atoms with Crippen molar-refractivity contribution in [1.82, 2.24) is 0 Å². The summed E-state index contributed by atoms with van der Waals surface area (Å²) < 4.78 is 0. The van der Waals surface area contributed by atoms with Crippen LogP contribution in [-0.4, -0.2) is 24.1 Å². The Bertz CT molecular complexity index is 776. The third-order valence-electron chi connectivity index (χ3n) is 3.65. The molecule has 2 aromatic carbocycles. The smallest absolute Gasteiger partial charge is 0.295 e. The van der Waals surface area contributed by atoms with Crippen LogP contribution in [0, 0.1) is 5.92 Å². The zero-order chi connectivity index (χ0) is 16.4. The SMILES string of the molecule is O=C(Nc1ccccc1Cl)C1CN(c2ccccc2)C(=O)C1=O. The Morgan fingerprint density at radius 1 is 1.04 bits per heavy atom. The average Bonchev–Trinajstić information content (AvgIpc) is 2.86. The predicted octanol–water partition coefficient (Wildman–Crippen LogP) is 2.51. The summed E-state index contributed by atoms with van der Waals surface area (Å²) in [5, 5.41) is 2.98. The Hall–Kier alpha value is -2.66. The normalized spacial score (nSPS) is 17.4. The van der Waals surface area contributed by atoms with Crippen LogP contribution in [-0.2, 0) is 14.4 Å². The van der Waals surface area contributed by atoms with Gasteiger partial charge in [-0.05, 0) is 24.3 Å². The Kier molecular flexibility index (Phi) is 4.12. The first-order valence-corrected chi connectivity index (χ1v) is 7.42. The maximum atomic E-state index is 12.3. The highest BCUT2D eigenvalue weighted by atomic mass is 35.5. The van der Waals surface area contributed by atoms with Gasteiger partial charge in [-0.2, -0.15) is 0 Å². The monoisotopic (exact) mass is 328 g/mol. The standard InChI is InChI=1S/C17H13ClN2O3/c18-13-8-4-5-9-14(13)19-16(22)12-10-20(17(23)15(12)21)11-6-2-1-3-7-11/h1-9,12H,10H2,(H,19,22). The number of anilines is 2. The molecule has 1 saturated heterocycles. The second-order valence-electron chi connectivity index (χ2n) is 5.14. The molecular weight excluding hydrogens is 316 g/mol. The largest absolute Gasteiger partial charge is 0.324 e. The van der Waals surface area contributed by atoms with Crippen LogP contribution in [0.25, 0.3) is 0 Å². The van der Waals surface area contributed by atoms with Crippen molar-refractivity contribution in [3.8, 4) is 0 Å². The number of hydrogen-bond acceptors (Lipinski definition) is 3. The number of para-hydroxylation sites is 2. The minimum Gasteiger partial charge on any atom is -0.324 e. The third kappa shape index (κ3) is 2.96. The molecule has 23 heavy (non-hydrogen) atoms. The van der Waals surface area contributed by atoms with Gasteiger partial charge in [-0.3, -0.25) is 14.4 Å². The summed E-state index contributed by atoms with van der Waals surface area (Å²) in [5.74, 6) is -2.96. The second-order valence-corrected chi connectivity index (χ2v) is 5.54. The lowest BCUT2D eigenvalue weighted by molar-refractivity contribution is -0.138. The van der Waals surface area contributed by atoms with Gasteiger partial charge in [-0.15, -0.1) is 0 Å². The molecule has 3 rings (SSSR count). The third-order valence-corrected chi connectivity index (χ3v) is 3.98. The van der Waals surface area contributed by atoms with Crippen LogP contribution < -0.4 is 10.2 Å². The van der Waals surface area contributed by atoms with Gasteiger partial charge >= 0.3 is 0 Å². The first-order chi connectivity index (χ1) is 11.1. The molecule has 1 N–H and O–H groups in total. The molecule has 1 aliphatic rings. The van der Waals surface area contributed by atoms with Crippen molar-refractivity contribution >= 4 is 40.6 Å². The first kappa shape index (κ1) is 15.2. The summed E-state index contributed by atoms with van der Waals surface area (Å²) in [6.45, 7) is 0.0258. The van der Waals surface area contributed by atoms with E-state index in [9.17, 15) is 14.4 Å². The Balaban J connectivity index is 1.79. The molecule has 0 aromatic heterocycles. The molecule has 5 nitrogen and oxygen atoms in total. The number of carbonyl (C=O) groups is 3. The van der Waals surface area contributed by atoms with E-state index in [2.05, 4.69) is 5.32 Å². The van der Waals surface area contributed by atoms with Gasteiger partial charge in [-0.1, -0.05) is 41.9 Å². The number of nitrogens with one attached hydrogen (secondary N) is 1. The van der Waals surface area contributed by atoms with Gasteiger partial charge in [0.2, 0.25) is 11.7 Å². The van der Waals surface area contributed by atoms with Gasteiger partial charge in [0.15, 0.2) is 0 Å². The second kappa shape index (κ2) is 6.22. The number of benzene rings is 2. The molecule has 1 heterocycles. The number of rotatable bonds is 3. The quantitative estimate of drug-likeness (QED) is 0.695. The molecule has 0 radical (unpaired) electrons. The molecule has 0 saturated carbocycles. The Morgan fingerprint density at radius 3 is 2.39 bits per heavy atom. The van der Waals surface area contributed by atoms with Crippen molar-refractivity contribution in [3.05, 3.63) is 59.6 Å². The maximum Gasteiger partial charge on any atom is 0.295 e. The number of carbonyl (C=O) groups excluding carboxylic acids is 3. The van der Waals surface area contributed by atoms with Crippen LogP contribution in [0.3, 0.4) is 0 Å². The van der Waals surface area contributed by atoms with Crippen molar-refractivity contribution < 1.29 is 14.4 Å². The van der Waals surface area contributed by atoms with Gasteiger partial charge in [0, 0.05) is 12.2 Å². The van der Waals surface area contributed by atoms with Crippen molar-refractivity contribution in [2.75, 3.05) is 16.8 Å². The number of Topliss-reactive ketones (excluding diaryl/α,β-unsaturated/α-hetero) is 1. The lowest BCUT2D eigenvalue weighted by Crippen LogP contribution is -2.29. The van der Waals surface area contributed by atoms with E-state index in [1.165, 1.54) is 4.90 Å². The molecule has 116 valence electrons. The number of halogens is 1. The van der Waals surface area contributed by atoms with Crippen LogP contribution in [0.4, 0.5) is 11.4 Å². The van der Waals surface area contributed by atoms with E-state index in [1.807, 2.05) is 6.07 Å². The molecule has 0 bridgehead atoms. The van der Waals surface area contributed by atoms with Gasteiger partial charge in [0.05, 0.1) is 10.7 Å². The highest BCUT2D eigenvalue weighted by Gasteiger charge is 2.43. The molecule has 2 amide bonds. The van der Waals surface area contributed by atoms with E-state index < -0.39 is 23.5 Å². The molecule has 0 aliphatic carbocycles. The van der Waals surface area contributed by atoms with E-state index in [-0.39, 0.29) is 6.54 Å². The maximum absolute atomic E-state index is 12.3. The fraction of sp³-hybridized carbons (Fsp3) is 0.118. The molecule has 1 aliphatic heterocycles. The van der Waals surface area contributed by atoms with Crippen LogP contribution in [0.2, 0.25) is 5.02 Å². The van der Waals surface area contributed by atoms with Crippen LogP contribution in [0.5, 0.6) is 0 Å². The molecule has 6 heteroatoms. The van der Waals surface area contributed by atoms with Crippen molar-refractivity contribution in [1.29, 1.82) is 0 Å². The number of ketones is 1. The van der Waals surface area contributed by atoms with E-state index in [4.69, 9.17) is 11.6 Å². The molecule has 2 aromatic rings. The summed E-state index contributed by atoms with van der Waals surface area (Å²) in [5.41, 5.74) is 1.01. The van der Waals surface area contributed by atoms with E-state index in [0.29, 0.717) is 16.4 Å². The van der Waals surface area contributed by atoms with Crippen LogP contribution in [0.1, 0.15) is 0 Å². The summed E-state index contributed by atoms with van der Waals surface area (Å²) in [4.78, 5) is 37.9. The molecule has 1 fully saturated rings. The zero-order valence-electron chi connectivity index (χ0n) is 12.0. The number of amides is 2. The molecular formula is C17H13ClN2O3. The van der Waals surface area contributed by atoms with E-state index in [1.54, 1.807) is 48.5 Å². The summed E-state index contributed by atoms with van der Waals surface area (Å²) in [6, 6.07) is 15.5. The van der Waals surface area contributed by atoms with Gasteiger partial charge in [0.1, 0.15) is 5.92 Å². The molecule has 0 spiro atoms. The Morgan fingerprint density at radius 2 is 1.70 bits per heavy atom. The lowest BCUT2D eigenvalue weighted by Gasteiger charge is -2.15. The van der Waals surface area contributed by atoms with Crippen LogP contribution in [0.15, 0.2) is 54.6 Å². The van der Waals surface area contributed by atoms with Crippen molar-refractivity contribution in [2.24, 2.45) is 5.92 Å². The molecule has 1 unspecified atom stereocenters. The number of hydrogen-bond donors (Lipinski definition) is 1. The van der Waals surface area contributed by atoms with Crippen LogP contribution >= 0.6 is 11.6 Å². The summed E-state index contributed by atoms with van der Waals surface area (Å²) >= 11 is 5.99. The number of nitrogens with zero attached hydrogens (tertiary/aromatic N) is 1. The van der Waals surface area contributed by atoms with E-state index >= 15 is 0 Å². The highest BCUT2D eigenvalue weighted by molar-refractivity contribution is 6.48. The average molecular weight is 329 g/mol. The van der Waals surface area contributed by atoms with E-state index in [0.717, 1.165) is 0 Å². The summed E-state index contributed by atoms with van der Waals surface area (Å²) in [7, 11) is 0. The van der Waals surface area contributed by atoms with Gasteiger partial charge in [0.25, 0.3) is 5.91 Å². The zero-order valence-corrected chi connectivity index (χ0v) is 12.8. The predicted molar refractivity (Wildman–Crippen MR) is 87.4 cm³/mol. The lowest BCUT2D eigenvalue weighted by atomic mass is 10.1. The highest BCUT2D eigenvalue weighted by Crippen LogP contribution is 2.25. The first-order valence-electron chi connectivity index (χ1n) is 7.04. The Labute approximate surface area is 137 Å². The topological polar surface area (TPSA) is 66.5 Å². The minimum atomic E-state index is -1.04. The van der Waals surface area contributed by atoms with Crippen molar-refractivity contribution in [3.63, 3.8) is 0 Å². The fourth-order valence-corrected chi connectivity index (χ4v) is 2.63. The summed E-state index contributed by atoms with van der Waals surface area (Å²) in [6.07, 6.45) is 0.